The molecular formula is C17H24BrNO3. The number of ether oxygens (including phenoxy) is 1. The lowest BCUT2D eigenvalue weighted by Gasteiger charge is -2.31. The molecule has 0 saturated carbocycles. The van der Waals surface area contributed by atoms with E-state index in [0.29, 0.717) is 31.5 Å². The summed E-state index contributed by atoms with van der Waals surface area (Å²) in [6, 6.07) is 6.04. The summed E-state index contributed by atoms with van der Waals surface area (Å²) < 4.78 is 6.97. The maximum atomic E-state index is 10.9. The minimum Gasteiger partial charge on any atom is -0.493 e. The predicted molar refractivity (Wildman–Crippen MR) is 90.5 cm³/mol. The van der Waals surface area contributed by atoms with Crippen LogP contribution in [0.25, 0.3) is 0 Å². The summed E-state index contributed by atoms with van der Waals surface area (Å²) in [4.78, 5) is 12.4. The highest BCUT2D eigenvalue weighted by Crippen LogP contribution is 2.26. The molecule has 2 rings (SSSR count). The topological polar surface area (TPSA) is 49.8 Å². The largest absolute Gasteiger partial charge is 0.493 e. The van der Waals surface area contributed by atoms with Crippen LogP contribution in [0.5, 0.6) is 5.75 Å². The molecule has 22 heavy (non-hydrogen) atoms. The summed E-state index contributed by atoms with van der Waals surface area (Å²) in [5, 5.41) is 8.96. The van der Waals surface area contributed by atoms with E-state index >= 15 is 0 Å². The third kappa shape index (κ3) is 4.90. The van der Waals surface area contributed by atoms with Crippen LogP contribution in [0.15, 0.2) is 22.7 Å². The number of likely N-dealkylation sites (tertiary alicyclic amines) is 1. The van der Waals surface area contributed by atoms with Crippen molar-refractivity contribution in [2.45, 2.75) is 33.1 Å². The van der Waals surface area contributed by atoms with Gasteiger partial charge < -0.3 is 14.7 Å². The molecule has 1 aromatic rings. The van der Waals surface area contributed by atoms with Crippen molar-refractivity contribution in [2.75, 3.05) is 19.7 Å². The van der Waals surface area contributed by atoms with Gasteiger partial charge in [0.05, 0.1) is 6.61 Å². The molecule has 1 atom stereocenters. The highest BCUT2D eigenvalue weighted by molar-refractivity contribution is 9.10. The first-order valence-corrected chi connectivity index (χ1v) is 8.62. The van der Waals surface area contributed by atoms with Crippen molar-refractivity contribution in [1.82, 2.24) is 4.90 Å². The first-order chi connectivity index (χ1) is 10.5. The fraction of sp³-hybridized carbons (Fsp3) is 0.588. The van der Waals surface area contributed by atoms with Gasteiger partial charge in [0, 0.05) is 17.6 Å². The second kappa shape index (κ2) is 7.86. The Bertz CT molecular complexity index is 513. The SMILES string of the molecule is Cc1cc(OCC(C)CC2CCN(C(=O)O)CC2)ccc1Br. The molecule has 5 heteroatoms. The second-order valence-corrected chi connectivity index (χ2v) is 7.13. The van der Waals surface area contributed by atoms with Crippen molar-refractivity contribution in [3.8, 4) is 5.75 Å². The molecule has 1 aromatic carbocycles. The second-order valence-electron chi connectivity index (χ2n) is 6.28. The maximum absolute atomic E-state index is 10.9. The minimum absolute atomic E-state index is 0.477. The zero-order valence-corrected chi connectivity index (χ0v) is 14.8. The number of aryl methyl sites for hydroxylation is 1. The molecule has 1 N–H and O–H groups in total. The Morgan fingerprint density at radius 2 is 2.14 bits per heavy atom. The van der Waals surface area contributed by atoms with Gasteiger partial charge in [-0.05, 0) is 61.8 Å². The lowest BCUT2D eigenvalue weighted by molar-refractivity contribution is 0.117. The van der Waals surface area contributed by atoms with Gasteiger partial charge in [-0.3, -0.25) is 0 Å². The summed E-state index contributed by atoms with van der Waals surface area (Å²) in [7, 11) is 0. The first-order valence-electron chi connectivity index (χ1n) is 7.82. The van der Waals surface area contributed by atoms with E-state index < -0.39 is 6.09 Å². The molecule has 0 aliphatic carbocycles. The van der Waals surface area contributed by atoms with E-state index in [1.165, 1.54) is 10.5 Å². The van der Waals surface area contributed by atoms with Crippen LogP contribution in [-0.4, -0.2) is 35.8 Å². The summed E-state index contributed by atoms with van der Waals surface area (Å²) >= 11 is 3.49. The monoisotopic (exact) mass is 369 g/mol. The molecule has 1 heterocycles. The van der Waals surface area contributed by atoms with Gasteiger partial charge in [0.1, 0.15) is 5.75 Å². The van der Waals surface area contributed by atoms with Gasteiger partial charge >= 0.3 is 6.09 Å². The third-order valence-corrected chi connectivity index (χ3v) is 5.17. The van der Waals surface area contributed by atoms with Crippen LogP contribution in [0, 0.1) is 18.8 Å². The molecule has 122 valence electrons. The molecule has 0 spiro atoms. The van der Waals surface area contributed by atoms with Gasteiger partial charge in [-0.25, -0.2) is 4.79 Å². The van der Waals surface area contributed by atoms with Gasteiger partial charge in [-0.1, -0.05) is 22.9 Å². The summed E-state index contributed by atoms with van der Waals surface area (Å²) in [5.41, 5.74) is 1.17. The fourth-order valence-corrected chi connectivity index (χ4v) is 3.19. The normalized spacial score (nSPS) is 17.3. The highest BCUT2D eigenvalue weighted by Gasteiger charge is 2.23. The van der Waals surface area contributed by atoms with Crippen molar-refractivity contribution in [2.24, 2.45) is 11.8 Å². The van der Waals surface area contributed by atoms with Crippen molar-refractivity contribution >= 4 is 22.0 Å². The zero-order valence-electron chi connectivity index (χ0n) is 13.2. The van der Waals surface area contributed by atoms with Crippen LogP contribution in [0.2, 0.25) is 0 Å². The van der Waals surface area contributed by atoms with E-state index in [1.54, 1.807) is 0 Å². The molecule has 1 amide bonds. The Morgan fingerprint density at radius 1 is 1.45 bits per heavy atom. The average molecular weight is 370 g/mol. The summed E-state index contributed by atoms with van der Waals surface area (Å²) in [6.45, 7) is 6.30. The van der Waals surface area contributed by atoms with E-state index in [4.69, 9.17) is 9.84 Å². The van der Waals surface area contributed by atoms with Gasteiger partial charge in [0.15, 0.2) is 0 Å². The molecule has 1 aliphatic heterocycles. The molecule has 1 unspecified atom stereocenters. The molecular weight excluding hydrogens is 346 g/mol. The van der Waals surface area contributed by atoms with E-state index in [0.717, 1.165) is 29.5 Å². The van der Waals surface area contributed by atoms with Crippen LogP contribution in [0.1, 0.15) is 31.7 Å². The lowest BCUT2D eigenvalue weighted by atomic mass is 9.88. The molecule has 1 saturated heterocycles. The number of benzene rings is 1. The van der Waals surface area contributed by atoms with Crippen LogP contribution in [-0.2, 0) is 0 Å². The number of hydrogen-bond donors (Lipinski definition) is 1. The standard InChI is InChI=1S/C17H24BrNO3/c1-12(9-14-5-7-19(8-6-14)17(20)21)11-22-15-3-4-16(18)13(2)10-15/h3-4,10,12,14H,5-9,11H2,1-2H3,(H,20,21). The Balaban J connectivity index is 1.73. The third-order valence-electron chi connectivity index (χ3n) is 4.28. The van der Waals surface area contributed by atoms with Gasteiger partial charge in [0.2, 0.25) is 0 Å². The highest BCUT2D eigenvalue weighted by atomic mass is 79.9. The first kappa shape index (κ1) is 17.1. The van der Waals surface area contributed by atoms with E-state index in [9.17, 15) is 4.79 Å². The summed E-state index contributed by atoms with van der Waals surface area (Å²) in [6.07, 6.45) is 2.24. The van der Waals surface area contributed by atoms with Crippen LogP contribution in [0.4, 0.5) is 4.79 Å². The quantitative estimate of drug-likeness (QED) is 0.827. The van der Waals surface area contributed by atoms with Crippen molar-refractivity contribution in [1.29, 1.82) is 0 Å². The smallest absolute Gasteiger partial charge is 0.407 e. The number of halogens is 1. The number of amides is 1. The maximum Gasteiger partial charge on any atom is 0.407 e. The zero-order chi connectivity index (χ0) is 16.1. The van der Waals surface area contributed by atoms with Crippen molar-refractivity contribution < 1.29 is 14.6 Å². The van der Waals surface area contributed by atoms with Crippen LogP contribution >= 0.6 is 15.9 Å². The van der Waals surface area contributed by atoms with Crippen molar-refractivity contribution in [3.63, 3.8) is 0 Å². The van der Waals surface area contributed by atoms with Crippen molar-refractivity contribution in [3.05, 3.63) is 28.2 Å². The van der Waals surface area contributed by atoms with E-state index in [2.05, 4.69) is 29.8 Å². The Morgan fingerprint density at radius 3 is 2.73 bits per heavy atom. The van der Waals surface area contributed by atoms with Gasteiger partial charge in [-0.2, -0.15) is 0 Å². The Hall–Kier alpha value is -1.23. The number of nitrogens with zero attached hydrogens (tertiary/aromatic N) is 1. The molecule has 1 aliphatic rings. The van der Waals surface area contributed by atoms with Gasteiger partial charge in [-0.15, -0.1) is 0 Å². The molecule has 4 nitrogen and oxygen atoms in total. The Labute approximate surface area is 140 Å². The minimum atomic E-state index is -0.791. The molecule has 1 fully saturated rings. The van der Waals surface area contributed by atoms with Gasteiger partial charge in [0.25, 0.3) is 0 Å². The number of rotatable bonds is 5. The number of carboxylic acid groups (broad SMARTS) is 1. The molecule has 0 bridgehead atoms. The predicted octanol–water partition coefficient (Wildman–Crippen LogP) is 4.55. The average Bonchev–Trinajstić information content (AvgIpc) is 2.49. The fourth-order valence-electron chi connectivity index (χ4n) is 2.94. The number of carbonyl (C=O) groups is 1. The molecule has 0 aromatic heterocycles. The van der Waals surface area contributed by atoms with E-state index in [1.807, 2.05) is 18.2 Å². The summed E-state index contributed by atoms with van der Waals surface area (Å²) in [5.74, 6) is 2.00. The molecule has 0 radical (unpaired) electrons. The lowest BCUT2D eigenvalue weighted by Crippen LogP contribution is -2.37. The number of piperidine rings is 1. The van der Waals surface area contributed by atoms with E-state index in [-0.39, 0.29) is 0 Å². The van der Waals surface area contributed by atoms with Crippen LogP contribution in [0.3, 0.4) is 0 Å². The number of hydrogen-bond acceptors (Lipinski definition) is 2. The Kier molecular flexibility index (Phi) is 6.12. The van der Waals surface area contributed by atoms with Crippen LogP contribution < -0.4 is 4.74 Å².